The van der Waals surface area contributed by atoms with Crippen LogP contribution in [0.25, 0.3) is 0 Å². The van der Waals surface area contributed by atoms with Crippen molar-refractivity contribution >= 4 is 11.7 Å². The van der Waals surface area contributed by atoms with Crippen LogP contribution in [0.2, 0.25) is 0 Å². The van der Waals surface area contributed by atoms with Gasteiger partial charge in [-0.3, -0.25) is 0 Å². The van der Waals surface area contributed by atoms with Crippen molar-refractivity contribution in [1.82, 2.24) is 0 Å². The molecule has 1 rings (SSSR count). The van der Waals surface area contributed by atoms with Crippen molar-refractivity contribution in [3.63, 3.8) is 0 Å². The highest BCUT2D eigenvalue weighted by atomic mass is 16.4. The number of carbonyl (C=O) groups is 1. The summed E-state index contributed by atoms with van der Waals surface area (Å²) in [5.74, 6) is -0.790. The van der Waals surface area contributed by atoms with E-state index in [-0.39, 0.29) is 0 Å². The molecule has 0 radical (unpaired) electrons. The van der Waals surface area contributed by atoms with Crippen molar-refractivity contribution in [2.45, 2.75) is 33.7 Å². The highest BCUT2D eigenvalue weighted by Gasteiger charge is 2.20. The molecule has 0 aliphatic rings. The Bertz CT molecular complexity index is 388. The summed E-state index contributed by atoms with van der Waals surface area (Å²) in [5.41, 5.74) is 3.32. The van der Waals surface area contributed by atoms with Crippen molar-refractivity contribution in [1.29, 1.82) is 0 Å². The van der Waals surface area contributed by atoms with Gasteiger partial charge in [0.2, 0.25) is 0 Å². The van der Waals surface area contributed by atoms with Crippen molar-refractivity contribution in [3.05, 3.63) is 29.3 Å². The van der Waals surface area contributed by atoms with E-state index in [9.17, 15) is 4.79 Å². The smallest absolute Gasteiger partial charge is 0.326 e. The van der Waals surface area contributed by atoms with Gasteiger partial charge in [0.1, 0.15) is 6.04 Å². The number of hydrogen-bond donors (Lipinski definition) is 1. The highest BCUT2D eigenvalue weighted by molar-refractivity contribution is 5.78. The van der Waals surface area contributed by atoms with Crippen LogP contribution >= 0.6 is 0 Å². The third-order valence-electron chi connectivity index (χ3n) is 2.83. The number of benzene rings is 1. The number of likely N-dealkylation sites (N-methyl/N-ethyl adjacent to an activating group) is 1. The van der Waals surface area contributed by atoms with Crippen molar-refractivity contribution in [2.75, 3.05) is 11.4 Å². The Morgan fingerprint density at radius 3 is 2.50 bits per heavy atom. The van der Waals surface area contributed by atoms with Crippen LogP contribution in [0, 0.1) is 13.8 Å². The van der Waals surface area contributed by atoms with Gasteiger partial charge in [-0.15, -0.1) is 0 Å². The van der Waals surface area contributed by atoms with Gasteiger partial charge < -0.3 is 10.0 Å². The molecule has 3 nitrogen and oxygen atoms in total. The van der Waals surface area contributed by atoms with Gasteiger partial charge in [-0.1, -0.05) is 17.7 Å². The van der Waals surface area contributed by atoms with Crippen molar-refractivity contribution in [2.24, 2.45) is 0 Å². The maximum Gasteiger partial charge on any atom is 0.326 e. The molecule has 16 heavy (non-hydrogen) atoms. The Morgan fingerprint density at radius 2 is 2.06 bits per heavy atom. The lowest BCUT2D eigenvalue weighted by Gasteiger charge is -2.28. The molecule has 1 atom stereocenters. The van der Waals surface area contributed by atoms with E-state index in [0.717, 1.165) is 11.3 Å². The van der Waals surface area contributed by atoms with Crippen LogP contribution < -0.4 is 4.90 Å². The Balaban J connectivity index is 3.08. The average Bonchev–Trinajstić information content (AvgIpc) is 2.21. The van der Waals surface area contributed by atoms with Crippen LogP contribution in [0.5, 0.6) is 0 Å². The van der Waals surface area contributed by atoms with Crippen LogP contribution in [-0.2, 0) is 4.79 Å². The van der Waals surface area contributed by atoms with Gasteiger partial charge in [0.15, 0.2) is 0 Å². The number of carboxylic acids is 1. The second-order valence-electron chi connectivity index (χ2n) is 4.09. The normalized spacial score (nSPS) is 12.2. The summed E-state index contributed by atoms with van der Waals surface area (Å²) >= 11 is 0. The number of anilines is 1. The molecule has 1 N–H and O–H groups in total. The predicted molar refractivity (Wildman–Crippen MR) is 66.0 cm³/mol. The summed E-state index contributed by atoms with van der Waals surface area (Å²) in [7, 11) is 0. The zero-order valence-corrected chi connectivity index (χ0v) is 10.3. The summed E-state index contributed by atoms with van der Waals surface area (Å²) in [6.07, 6.45) is 0. The molecule has 0 heterocycles. The number of rotatable bonds is 4. The molecule has 1 aromatic carbocycles. The van der Waals surface area contributed by atoms with E-state index in [1.54, 1.807) is 6.92 Å². The van der Waals surface area contributed by atoms with E-state index in [2.05, 4.69) is 6.07 Å². The minimum atomic E-state index is -0.790. The number of nitrogens with zero attached hydrogens (tertiary/aromatic N) is 1. The van der Waals surface area contributed by atoms with Crippen LogP contribution in [0.4, 0.5) is 5.69 Å². The topological polar surface area (TPSA) is 40.5 Å². The molecule has 0 aliphatic carbocycles. The zero-order valence-electron chi connectivity index (χ0n) is 10.3. The lowest BCUT2D eigenvalue weighted by atomic mass is 10.1. The molecule has 0 saturated heterocycles. The fourth-order valence-corrected chi connectivity index (χ4v) is 1.91. The summed E-state index contributed by atoms with van der Waals surface area (Å²) in [4.78, 5) is 12.9. The quantitative estimate of drug-likeness (QED) is 0.849. The first-order valence-electron chi connectivity index (χ1n) is 5.54. The van der Waals surface area contributed by atoms with Crippen LogP contribution in [0.3, 0.4) is 0 Å². The van der Waals surface area contributed by atoms with Crippen molar-refractivity contribution in [3.8, 4) is 0 Å². The molecule has 3 heteroatoms. The standard InChI is InChI=1S/C13H19NO2/c1-5-14(11(4)13(15)16)12-7-6-9(2)8-10(12)3/h6-8,11H,5H2,1-4H3,(H,15,16)/t11-/m0/s1. The molecule has 1 aromatic rings. The number of aliphatic carboxylic acids is 1. The molecular formula is C13H19NO2. The van der Waals surface area contributed by atoms with Gasteiger partial charge >= 0.3 is 5.97 Å². The monoisotopic (exact) mass is 221 g/mol. The summed E-state index contributed by atoms with van der Waals surface area (Å²) < 4.78 is 0. The third kappa shape index (κ3) is 2.54. The maximum atomic E-state index is 11.0. The lowest BCUT2D eigenvalue weighted by molar-refractivity contribution is -0.138. The van der Waals surface area contributed by atoms with Crippen LogP contribution in [-0.4, -0.2) is 23.7 Å². The van der Waals surface area contributed by atoms with E-state index in [1.165, 1.54) is 5.56 Å². The predicted octanol–water partition coefficient (Wildman–Crippen LogP) is 2.60. The number of carboxylic acid groups (broad SMARTS) is 1. The van der Waals surface area contributed by atoms with E-state index >= 15 is 0 Å². The molecule has 0 fully saturated rings. The Kier molecular flexibility index (Phi) is 3.93. The van der Waals surface area contributed by atoms with Gasteiger partial charge in [0.05, 0.1) is 0 Å². The minimum absolute atomic E-state index is 0.494. The second-order valence-corrected chi connectivity index (χ2v) is 4.09. The Morgan fingerprint density at radius 1 is 1.44 bits per heavy atom. The molecule has 0 spiro atoms. The molecule has 0 amide bonds. The molecule has 88 valence electrons. The van der Waals surface area contributed by atoms with Gasteiger partial charge in [-0.25, -0.2) is 4.79 Å². The Labute approximate surface area is 96.7 Å². The molecule has 0 unspecified atom stereocenters. The largest absolute Gasteiger partial charge is 0.480 e. The molecule has 0 aromatic heterocycles. The molecule has 0 aliphatic heterocycles. The first-order chi connectivity index (χ1) is 7.47. The zero-order chi connectivity index (χ0) is 12.3. The maximum absolute atomic E-state index is 11.0. The van der Waals surface area contributed by atoms with E-state index < -0.39 is 12.0 Å². The number of aryl methyl sites for hydroxylation is 2. The Hall–Kier alpha value is -1.51. The third-order valence-corrected chi connectivity index (χ3v) is 2.83. The fourth-order valence-electron chi connectivity index (χ4n) is 1.91. The summed E-state index contributed by atoms with van der Waals surface area (Å²) in [6.45, 7) is 8.43. The van der Waals surface area contributed by atoms with E-state index in [1.807, 2.05) is 37.8 Å². The first-order valence-corrected chi connectivity index (χ1v) is 5.54. The molecular weight excluding hydrogens is 202 g/mol. The van der Waals surface area contributed by atoms with E-state index in [4.69, 9.17) is 5.11 Å². The molecule has 0 saturated carbocycles. The summed E-state index contributed by atoms with van der Waals surface area (Å²) in [6, 6.07) is 5.59. The fraction of sp³-hybridized carbons (Fsp3) is 0.462. The molecule has 0 bridgehead atoms. The van der Waals surface area contributed by atoms with Gasteiger partial charge in [-0.05, 0) is 39.3 Å². The van der Waals surface area contributed by atoms with Gasteiger partial charge in [0.25, 0.3) is 0 Å². The first kappa shape index (κ1) is 12.6. The SMILES string of the molecule is CCN(c1ccc(C)cc1C)[C@@H](C)C(=O)O. The van der Waals surface area contributed by atoms with Crippen LogP contribution in [0.15, 0.2) is 18.2 Å². The highest BCUT2D eigenvalue weighted by Crippen LogP contribution is 2.22. The van der Waals surface area contributed by atoms with Gasteiger partial charge in [-0.2, -0.15) is 0 Å². The van der Waals surface area contributed by atoms with E-state index in [0.29, 0.717) is 6.54 Å². The summed E-state index contributed by atoms with van der Waals surface area (Å²) in [5, 5.41) is 9.05. The second kappa shape index (κ2) is 5.01. The van der Waals surface area contributed by atoms with Gasteiger partial charge in [0, 0.05) is 12.2 Å². The lowest BCUT2D eigenvalue weighted by Crippen LogP contribution is -2.39. The van der Waals surface area contributed by atoms with Crippen LogP contribution in [0.1, 0.15) is 25.0 Å². The minimum Gasteiger partial charge on any atom is -0.480 e. The number of hydrogen-bond acceptors (Lipinski definition) is 2. The van der Waals surface area contributed by atoms with Crippen molar-refractivity contribution < 1.29 is 9.90 Å². The average molecular weight is 221 g/mol.